The molecule has 1 saturated carbocycles. The second-order valence-corrected chi connectivity index (χ2v) is 6.19. The Kier molecular flexibility index (Phi) is 6.17. The Bertz CT molecular complexity index is 431. The van der Waals surface area contributed by atoms with Crippen LogP contribution in [0.3, 0.4) is 0 Å². The summed E-state index contributed by atoms with van der Waals surface area (Å²) in [6, 6.07) is 4.13. The maximum atomic E-state index is 6.03. The highest BCUT2D eigenvalue weighted by molar-refractivity contribution is 9.10. The van der Waals surface area contributed by atoms with Gasteiger partial charge < -0.3 is 15.2 Å². The molecule has 0 radical (unpaired) electrons. The van der Waals surface area contributed by atoms with Crippen molar-refractivity contribution in [2.45, 2.75) is 39.0 Å². The van der Waals surface area contributed by atoms with Crippen molar-refractivity contribution in [2.24, 2.45) is 11.7 Å². The van der Waals surface area contributed by atoms with Crippen LogP contribution in [0.5, 0.6) is 11.5 Å². The van der Waals surface area contributed by atoms with Crippen LogP contribution >= 0.6 is 15.9 Å². The molecule has 0 heterocycles. The van der Waals surface area contributed by atoms with Crippen LogP contribution < -0.4 is 15.2 Å². The summed E-state index contributed by atoms with van der Waals surface area (Å²) < 4.78 is 12.7. The lowest BCUT2D eigenvalue weighted by Gasteiger charge is -2.17. The highest BCUT2D eigenvalue weighted by Gasteiger charge is 2.18. The zero-order chi connectivity index (χ0) is 14.4. The van der Waals surface area contributed by atoms with Gasteiger partial charge >= 0.3 is 0 Å². The number of ether oxygens (including phenoxy) is 2. The average Bonchev–Trinajstić information content (AvgIpc) is 2.92. The van der Waals surface area contributed by atoms with Gasteiger partial charge in [-0.3, -0.25) is 0 Å². The Morgan fingerprint density at radius 2 is 2.00 bits per heavy atom. The van der Waals surface area contributed by atoms with Crippen molar-refractivity contribution in [1.82, 2.24) is 0 Å². The average molecular weight is 342 g/mol. The van der Waals surface area contributed by atoms with E-state index >= 15 is 0 Å². The van der Waals surface area contributed by atoms with E-state index in [1.54, 1.807) is 0 Å². The zero-order valence-electron chi connectivity index (χ0n) is 12.2. The number of hydrogen-bond acceptors (Lipinski definition) is 3. The molecule has 0 amide bonds. The maximum Gasteiger partial charge on any atom is 0.175 e. The van der Waals surface area contributed by atoms with Gasteiger partial charge in [0, 0.05) is 0 Å². The van der Waals surface area contributed by atoms with Crippen LogP contribution in [0.4, 0.5) is 0 Å². The Balaban J connectivity index is 2.11. The van der Waals surface area contributed by atoms with E-state index in [2.05, 4.69) is 22.0 Å². The van der Waals surface area contributed by atoms with Crippen LogP contribution in [0.2, 0.25) is 0 Å². The van der Waals surface area contributed by atoms with E-state index in [9.17, 15) is 0 Å². The van der Waals surface area contributed by atoms with E-state index in [4.69, 9.17) is 15.2 Å². The van der Waals surface area contributed by atoms with Gasteiger partial charge in [-0.15, -0.1) is 0 Å². The monoisotopic (exact) mass is 341 g/mol. The van der Waals surface area contributed by atoms with Crippen molar-refractivity contribution in [3.05, 3.63) is 22.2 Å². The first-order valence-electron chi connectivity index (χ1n) is 7.52. The molecule has 1 aromatic rings. The highest BCUT2D eigenvalue weighted by Crippen LogP contribution is 2.38. The molecule has 0 spiro atoms. The molecule has 0 unspecified atom stereocenters. The van der Waals surface area contributed by atoms with Gasteiger partial charge in [0.05, 0.1) is 17.7 Å². The zero-order valence-corrected chi connectivity index (χ0v) is 13.7. The SMILES string of the molecule is CCOc1cc(CCN)cc(Br)c1OCC1CCCC1. The second-order valence-electron chi connectivity index (χ2n) is 5.34. The molecule has 1 fully saturated rings. The first-order chi connectivity index (χ1) is 9.74. The molecule has 1 aliphatic rings. The number of rotatable bonds is 7. The van der Waals surface area contributed by atoms with Gasteiger partial charge in [-0.1, -0.05) is 12.8 Å². The number of nitrogens with two attached hydrogens (primary N) is 1. The van der Waals surface area contributed by atoms with E-state index < -0.39 is 0 Å². The van der Waals surface area contributed by atoms with Crippen molar-refractivity contribution >= 4 is 15.9 Å². The molecule has 0 atom stereocenters. The molecule has 112 valence electrons. The standard InChI is InChI=1S/C16H24BrNO2/c1-2-19-15-10-13(7-8-18)9-14(17)16(15)20-11-12-5-3-4-6-12/h9-10,12H,2-8,11,18H2,1H3. The van der Waals surface area contributed by atoms with E-state index in [1.807, 2.05) is 13.0 Å². The number of benzene rings is 1. The van der Waals surface area contributed by atoms with Crippen LogP contribution in [0.1, 0.15) is 38.2 Å². The Hall–Kier alpha value is -0.740. The third-order valence-corrected chi connectivity index (χ3v) is 4.33. The smallest absolute Gasteiger partial charge is 0.175 e. The van der Waals surface area contributed by atoms with E-state index in [-0.39, 0.29) is 0 Å². The van der Waals surface area contributed by atoms with Gasteiger partial charge in [-0.2, -0.15) is 0 Å². The van der Waals surface area contributed by atoms with Gasteiger partial charge in [0.25, 0.3) is 0 Å². The van der Waals surface area contributed by atoms with Crippen molar-refractivity contribution in [3.63, 3.8) is 0 Å². The summed E-state index contributed by atoms with van der Waals surface area (Å²) in [7, 11) is 0. The van der Waals surface area contributed by atoms with Gasteiger partial charge in [0.1, 0.15) is 0 Å². The normalized spacial score (nSPS) is 15.6. The summed E-state index contributed by atoms with van der Waals surface area (Å²) in [5, 5.41) is 0. The Labute approximate surface area is 130 Å². The number of halogens is 1. The van der Waals surface area contributed by atoms with Crippen LogP contribution in [0, 0.1) is 5.92 Å². The summed E-state index contributed by atoms with van der Waals surface area (Å²) in [6.07, 6.45) is 6.09. The molecular formula is C16H24BrNO2. The predicted molar refractivity (Wildman–Crippen MR) is 85.5 cm³/mol. The lowest BCUT2D eigenvalue weighted by molar-refractivity contribution is 0.232. The van der Waals surface area contributed by atoms with Crippen LogP contribution in [0.15, 0.2) is 16.6 Å². The van der Waals surface area contributed by atoms with E-state index in [0.717, 1.165) is 29.0 Å². The third kappa shape index (κ3) is 4.13. The van der Waals surface area contributed by atoms with Crippen molar-refractivity contribution < 1.29 is 9.47 Å². The van der Waals surface area contributed by atoms with E-state index in [1.165, 1.54) is 31.2 Å². The summed E-state index contributed by atoms with van der Waals surface area (Å²) in [6.45, 7) is 4.05. The minimum Gasteiger partial charge on any atom is -0.490 e. The lowest BCUT2D eigenvalue weighted by Crippen LogP contribution is -2.10. The molecule has 3 nitrogen and oxygen atoms in total. The summed E-state index contributed by atoms with van der Waals surface area (Å²) in [5.41, 5.74) is 6.80. The minimum absolute atomic E-state index is 0.637. The maximum absolute atomic E-state index is 6.03. The van der Waals surface area contributed by atoms with Crippen LogP contribution in [-0.2, 0) is 6.42 Å². The fraction of sp³-hybridized carbons (Fsp3) is 0.625. The molecule has 4 heteroatoms. The molecule has 2 rings (SSSR count). The van der Waals surface area contributed by atoms with Crippen molar-refractivity contribution in [3.8, 4) is 11.5 Å². The third-order valence-electron chi connectivity index (χ3n) is 3.74. The van der Waals surface area contributed by atoms with Crippen molar-refractivity contribution in [2.75, 3.05) is 19.8 Å². The summed E-state index contributed by atoms with van der Waals surface area (Å²) >= 11 is 3.60. The van der Waals surface area contributed by atoms with Gasteiger partial charge in [-0.25, -0.2) is 0 Å². The van der Waals surface area contributed by atoms with Gasteiger partial charge in [-0.05, 0) is 72.3 Å². The molecule has 0 saturated heterocycles. The quantitative estimate of drug-likeness (QED) is 0.817. The lowest BCUT2D eigenvalue weighted by atomic mass is 10.1. The first kappa shape index (κ1) is 15.6. The molecular weight excluding hydrogens is 318 g/mol. The molecule has 20 heavy (non-hydrogen) atoms. The van der Waals surface area contributed by atoms with E-state index in [0.29, 0.717) is 19.1 Å². The Morgan fingerprint density at radius 1 is 1.25 bits per heavy atom. The topological polar surface area (TPSA) is 44.5 Å². The van der Waals surface area contributed by atoms with Gasteiger partial charge in [0.2, 0.25) is 0 Å². The summed E-state index contributed by atoms with van der Waals surface area (Å²) in [5.74, 6) is 2.35. The predicted octanol–water partition coefficient (Wildman–Crippen LogP) is 3.92. The number of hydrogen-bond donors (Lipinski definition) is 1. The molecule has 1 aromatic carbocycles. The first-order valence-corrected chi connectivity index (χ1v) is 8.32. The molecule has 0 bridgehead atoms. The van der Waals surface area contributed by atoms with Crippen LogP contribution in [0.25, 0.3) is 0 Å². The Morgan fingerprint density at radius 3 is 2.65 bits per heavy atom. The van der Waals surface area contributed by atoms with Crippen LogP contribution in [-0.4, -0.2) is 19.8 Å². The highest BCUT2D eigenvalue weighted by atomic mass is 79.9. The fourth-order valence-electron chi connectivity index (χ4n) is 2.71. The summed E-state index contributed by atoms with van der Waals surface area (Å²) in [4.78, 5) is 0. The molecule has 2 N–H and O–H groups in total. The van der Waals surface area contributed by atoms with Gasteiger partial charge in [0.15, 0.2) is 11.5 Å². The minimum atomic E-state index is 0.637. The fourth-order valence-corrected chi connectivity index (χ4v) is 3.32. The largest absolute Gasteiger partial charge is 0.490 e. The van der Waals surface area contributed by atoms with Crippen molar-refractivity contribution in [1.29, 1.82) is 0 Å². The second kappa shape index (κ2) is 7.89. The molecule has 0 aromatic heterocycles. The molecule has 0 aliphatic heterocycles. The molecule has 1 aliphatic carbocycles.